The van der Waals surface area contributed by atoms with E-state index in [9.17, 15) is 4.79 Å². The first-order chi connectivity index (χ1) is 14.6. The molecule has 1 unspecified atom stereocenters. The van der Waals surface area contributed by atoms with Crippen molar-refractivity contribution < 1.29 is 4.79 Å². The summed E-state index contributed by atoms with van der Waals surface area (Å²) in [6, 6.07) is 15.9. The number of hydrogen-bond acceptors (Lipinski definition) is 6. The number of carbonyl (C=O) groups excluding carboxylic acids is 1. The normalized spacial score (nSPS) is 12.4. The molecule has 0 fully saturated rings. The summed E-state index contributed by atoms with van der Waals surface area (Å²) < 4.78 is 2.18. The van der Waals surface area contributed by atoms with Gasteiger partial charge in [-0.3, -0.25) is 4.79 Å². The van der Waals surface area contributed by atoms with E-state index in [2.05, 4.69) is 33.1 Å². The molecule has 2 heterocycles. The van der Waals surface area contributed by atoms with E-state index in [-0.39, 0.29) is 11.2 Å². The summed E-state index contributed by atoms with van der Waals surface area (Å²) in [5.74, 6) is -0.0840. The van der Waals surface area contributed by atoms with E-state index in [1.54, 1.807) is 11.8 Å². The van der Waals surface area contributed by atoms with Gasteiger partial charge in [-0.05, 0) is 37.8 Å². The second-order valence-electron chi connectivity index (χ2n) is 6.88. The van der Waals surface area contributed by atoms with Crippen LogP contribution in [0.2, 0.25) is 0 Å². The van der Waals surface area contributed by atoms with E-state index >= 15 is 0 Å². The van der Waals surface area contributed by atoms with Gasteiger partial charge in [-0.1, -0.05) is 49.0 Å². The molecular formula is C22H23N5OS2. The van der Waals surface area contributed by atoms with Crippen molar-refractivity contribution in [2.24, 2.45) is 0 Å². The minimum absolute atomic E-state index is 0.0840. The van der Waals surface area contributed by atoms with Crippen molar-refractivity contribution in [1.82, 2.24) is 19.7 Å². The molecule has 0 spiro atoms. The first-order valence-electron chi connectivity index (χ1n) is 9.84. The molecule has 2 aromatic carbocycles. The van der Waals surface area contributed by atoms with E-state index in [0.29, 0.717) is 5.16 Å². The third kappa shape index (κ3) is 4.02. The molecule has 1 N–H and O–H groups in total. The highest BCUT2D eigenvalue weighted by Gasteiger charge is 2.20. The molecule has 0 aliphatic heterocycles. The van der Waals surface area contributed by atoms with Crippen molar-refractivity contribution in [3.63, 3.8) is 0 Å². The zero-order chi connectivity index (χ0) is 21.1. The monoisotopic (exact) mass is 437 g/mol. The molecule has 0 saturated heterocycles. The van der Waals surface area contributed by atoms with Crippen molar-refractivity contribution in [3.8, 4) is 0 Å². The molecule has 0 saturated carbocycles. The number of para-hydroxylation sites is 2. The molecule has 1 amide bonds. The lowest BCUT2D eigenvalue weighted by molar-refractivity contribution is -0.115. The van der Waals surface area contributed by atoms with Crippen LogP contribution in [0.25, 0.3) is 22.1 Å². The van der Waals surface area contributed by atoms with Crippen molar-refractivity contribution in [2.75, 3.05) is 11.6 Å². The standard InChI is InChI=1S/C22H23N5OS2/c1-4-13-27-17-11-7-5-9-15(17)19-20(27)24-22(26-25-19)30-14(2)21(28)23-16-10-6-8-12-18(16)29-3/h5-12,14H,4,13H2,1-3H3,(H,23,28). The fraction of sp³-hybridized carbons (Fsp3) is 0.273. The number of aromatic nitrogens is 4. The molecule has 8 heteroatoms. The Labute approximate surface area is 183 Å². The summed E-state index contributed by atoms with van der Waals surface area (Å²) in [6.45, 7) is 4.86. The van der Waals surface area contributed by atoms with Gasteiger partial charge in [0.1, 0.15) is 5.52 Å². The average Bonchev–Trinajstić information content (AvgIpc) is 3.07. The lowest BCUT2D eigenvalue weighted by Crippen LogP contribution is -2.23. The van der Waals surface area contributed by atoms with Crippen LogP contribution in [-0.4, -0.2) is 37.2 Å². The highest BCUT2D eigenvalue weighted by Crippen LogP contribution is 2.29. The average molecular weight is 438 g/mol. The highest BCUT2D eigenvalue weighted by molar-refractivity contribution is 8.00. The molecule has 6 nitrogen and oxygen atoms in total. The number of carbonyl (C=O) groups is 1. The lowest BCUT2D eigenvalue weighted by Gasteiger charge is -2.13. The quantitative estimate of drug-likeness (QED) is 0.399. The number of aryl methyl sites for hydroxylation is 1. The lowest BCUT2D eigenvalue weighted by atomic mass is 10.2. The number of anilines is 1. The number of fused-ring (bicyclic) bond motifs is 3. The Kier molecular flexibility index (Phi) is 6.24. The van der Waals surface area contributed by atoms with E-state index in [4.69, 9.17) is 4.98 Å². The molecule has 30 heavy (non-hydrogen) atoms. The largest absolute Gasteiger partial charge is 0.324 e. The van der Waals surface area contributed by atoms with Gasteiger partial charge in [0.15, 0.2) is 5.65 Å². The number of amides is 1. The van der Waals surface area contributed by atoms with Crippen LogP contribution in [0.4, 0.5) is 5.69 Å². The maximum absolute atomic E-state index is 12.7. The Morgan fingerprint density at radius 3 is 2.70 bits per heavy atom. The summed E-state index contributed by atoms with van der Waals surface area (Å²) in [5, 5.41) is 13.0. The molecule has 0 aliphatic rings. The Morgan fingerprint density at radius 1 is 1.13 bits per heavy atom. The van der Waals surface area contributed by atoms with E-state index in [1.165, 1.54) is 11.8 Å². The minimum Gasteiger partial charge on any atom is -0.324 e. The predicted molar refractivity (Wildman–Crippen MR) is 125 cm³/mol. The van der Waals surface area contributed by atoms with Crippen LogP contribution in [0.3, 0.4) is 0 Å². The number of nitrogens with zero attached hydrogens (tertiary/aromatic N) is 4. The number of benzene rings is 2. The van der Waals surface area contributed by atoms with Crippen molar-refractivity contribution in [3.05, 3.63) is 48.5 Å². The maximum Gasteiger partial charge on any atom is 0.237 e. The molecule has 154 valence electrons. The van der Waals surface area contributed by atoms with E-state index in [1.807, 2.05) is 55.6 Å². The van der Waals surface area contributed by atoms with Gasteiger partial charge >= 0.3 is 0 Å². The predicted octanol–water partition coefficient (Wildman–Crippen LogP) is 5.23. The topological polar surface area (TPSA) is 72.7 Å². The number of rotatable bonds is 7. The summed E-state index contributed by atoms with van der Waals surface area (Å²) in [7, 11) is 0. The summed E-state index contributed by atoms with van der Waals surface area (Å²) in [5.41, 5.74) is 3.54. The first-order valence-corrected chi connectivity index (χ1v) is 11.9. The van der Waals surface area contributed by atoms with Gasteiger partial charge < -0.3 is 9.88 Å². The smallest absolute Gasteiger partial charge is 0.237 e. The highest BCUT2D eigenvalue weighted by atomic mass is 32.2. The van der Waals surface area contributed by atoms with Gasteiger partial charge in [-0.2, -0.15) is 0 Å². The van der Waals surface area contributed by atoms with Crippen LogP contribution < -0.4 is 5.32 Å². The first kappa shape index (κ1) is 20.7. The Bertz CT molecular complexity index is 1210. The summed E-state index contributed by atoms with van der Waals surface area (Å²) in [6.07, 6.45) is 2.99. The zero-order valence-corrected chi connectivity index (χ0v) is 18.8. The fourth-order valence-corrected chi connectivity index (χ4v) is 4.65. The van der Waals surface area contributed by atoms with E-state index in [0.717, 1.165) is 45.6 Å². The Hall–Kier alpha value is -2.58. The molecule has 1 atom stereocenters. The number of nitrogens with one attached hydrogen (secondary N) is 1. The van der Waals surface area contributed by atoms with Gasteiger partial charge in [0.2, 0.25) is 11.1 Å². The van der Waals surface area contributed by atoms with Gasteiger partial charge in [0.05, 0.1) is 16.5 Å². The van der Waals surface area contributed by atoms with Crippen LogP contribution in [0.15, 0.2) is 58.6 Å². The van der Waals surface area contributed by atoms with Crippen LogP contribution in [-0.2, 0) is 11.3 Å². The summed E-state index contributed by atoms with van der Waals surface area (Å²) in [4.78, 5) is 18.5. The second-order valence-corrected chi connectivity index (χ2v) is 9.04. The molecule has 2 aromatic heterocycles. The molecule has 0 bridgehead atoms. The van der Waals surface area contributed by atoms with Crippen LogP contribution in [0, 0.1) is 0 Å². The molecule has 4 aromatic rings. The SMILES string of the molecule is CCCn1c2ccccc2c2nnc(SC(C)C(=O)Nc3ccccc3SC)nc21. The zero-order valence-electron chi connectivity index (χ0n) is 17.1. The minimum atomic E-state index is -0.358. The fourth-order valence-electron chi connectivity index (χ4n) is 3.38. The van der Waals surface area contributed by atoms with E-state index < -0.39 is 0 Å². The van der Waals surface area contributed by atoms with Gasteiger partial charge in [-0.15, -0.1) is 22.0 Å². The van der Waals surface area contributed by atoms with Gasteiger partial charge in [-0.25, -0.2) is 4.98 Å². The molecular weight excluding hydrogens is 414 g/mol. The van der Waals surface area contributed by atoms with Crippen LogP contribution >= 0.6 is 23.5 Å². The van der Waals surface area contributed by atoms with Crippen molar-refractivity contribution in [2.45, 2.75) is 42.1 Å². The van der Waals surface area contributed by atoms with Gasteiger partial charge in [0, 0.05) is 16.8 Å². The molecule has 0 radical (unpaired) electrons. The second kappa shape index (κ2) is 9.06. The molecule has 0 aliphatic carbocycles. The van der Waals surface area contributed by atoms with Crippen LogP contribution in [0.5, 0.6) is 0 Å². The Morgan fingerprint density at radius 2 is 1.90 bits per heavy atom. The third-order valence-electron chi connectivity index (χ3n) is 4.82. The summed E-state index contributed by atoms with van der Waals surface area (Å²) >= 11 is 2.92. The number of thioether (sulfide) groups is 2. The van der Waals surface area contributed by atoms with Crippen molar-refractivity contribution in [1.29, 1.82) is 0 Å². The third-order valence-corrected chi connectivity index (χ3v) is 6.57. The maximum atomic E-state index is 12.7. The molecule has 4 rings (SSSR count). The number of hydrogen-bond donors (Lipinski definition) is 1. The Balaban J connectivity index is 1.59. The van der Waals surface area contributed by atoms with Crippen molar-refractivity contribution >= 4 is 57.2 Å². The van der Waals surface area contributed by atoms with Crippen LogP contribution in [0.1, 0.15) is 20.3 Å². The van der Waals surface area contributed by atoms with Gasteiger partial charge in [0.25, 0.3) is 0 Å².